The molecule has 0 amide bonds. The molecule has 6 nitrogen and oxygen atoms in total. The highest BCUT2D eigenvalue weighted by molar-refractivity contribution is 5.87. The minimum Gasteiger partial charge on any atom is -0.507 e. The Morgan fingerprint density at radius 2 is 1.84 bits per heavy atom. The van der Waals surface area contributed by atoms with Crippen LogP contribution in [0.15, 0.2) is 54.6 Å². The molecule has 1 saturated carbocycles. The van der Waals surface area contributed by atoms with Crippen LogP contribution in [0.25, 0.3) is 11.1 Å². The van der Waals surface area contributed by atoms with Gasteiger partial charge in [-0.2, -0.15) is 0 Å². The zero-order valence-electron chi connectivity index (χ0n) is 22.4. The number of fused-ring (bicyclic) bond motifs is 3. The molecule has 0 radical (unpaired) electrons. The van der Waals surface area contributed by atoms with Crippen LogP contribution in [-0.2, 0) is 29.8 Å². The largest absolute Gasteiger partial charge is 0.507 e. The zero-order valence-corrected chi connectivity index (χ0v) is 22.4. The molecule has 6 heteroatoms. The van der Waals surface area contributed by atoms with E-state index in [1.54, 1.807) is 6.07 Å². The molecule has 4 N–H and O–H groups in total. The average molecular weight is 513 g/mol. The van der Waals surface area contributed by atoms with Gasteiger partial charge in [-0.1, -0.05) is 62.4 Å². The monoisotopic (exact) mass is 512 g/mol. The number of aromatic hydroxyl groups is 1. The summed E-state index contributed by atoms with van der Waals surface area (Å²) >= 11 is 0. The second kappa shape index (κ2) is 8.58. The van der Waals surface area contributed by atoms with Gasteiger partial charge in [0.05, 0.1) is 0 Å². The number of carboxylic acid groups (broad SMARTS) is 1. The number of hydrogen-bond donors (Lipinski definition) is 3. The Morgan fingerprint density at radius 1 is 1.08 bits per heavy atom. The maximum atomic E-state index is 12.2. The van der Waals surface area contributed by atoms with Crippen molar-refractivity contribution in [3.63, 3.8) is 0 Å². The number of nitrogens with two attached hydrogens (primary N) is 1. The van der Waals surface area contributed by atoms with E-state index in [0.29, 0.717) is 32.5 Å². The predicted octanol–water partition coefficient (Wildman–Crippen LogP) is 5.30. The summed E-state index contributed by atoms with van der Waals surface area (Å²) < 4.78 is 6.42. The first-order valence-electron chi connectivity index (χ1n) is 13.7. The Hall–Kier alpha value is -3.35. The number of hydrogen-bond acceptors (Lipinski definition) is 5. The molecule has 0 aromatic heterocycles. The lowest BCUT2D eigenvalue weighted by Crippen LogP contribution is -2.64. The Bertz CT molecular complexity index is 1440. The summed E-state index contributed by atoms with van der Waals surface area (Å²) in [6.45, 7) is 7.64. The standard InChI is InChI=1S/C30H30N2O4.C2H6/c1-18-20(8-5-9-21(18)19-6-3-2-4-7-19)14-36-25-12-24(33)23-13-32-17-28(11-10-22(25)26(23)28)15-29(31)16-30(29,32)27(34)35;1-2/h2-9,12,33H,10-11,13-17,31H2,1H3,(H,34,35);1-2H3. The van der Waals surface area contributed by atoms with Crippen LogP contribution in [0.3, 0.4) is 0 Å². The third-order valence-electron chi connectivity index (χ3n) is 9.44. The molecule has 3 aromatic rings. The van der Waals surface area contributed by atoms with E-state index in [0.717, 1.165) is 35.3 Å². The van der Waals surface area contributed by atoms with Crippen LogP contribution in [-0.4, -0.2) is 38.7 Å². The van der Waals surface area contributed by atoms with Crippen LogP contribution in [0.2, 0.25) is 0 Å². The van der Waals surface area contributed by atoms with E-state index in [9.17, 15) is 15.0 Å². The molecule has 1 saturated heterocycles. The fourth-order valence-corrected chi connectivity index (χ4v) is 7.67. The summed E-state index contributed by atoms with van der Waals surface area (Å²) in [7, 11) is 0. The van der Waals surface area contributed by atoms with Crippen LogP contribution in [0.5, 0.6) is 11.5 Å². The number of nitrogens with zero attached hydrogens (tertiary/aromatic N) is 1. The fourth-order valence-electron chi connectivity index (χ4n) is 7.67. The second-order valence-corrected chi connectivity index (χ2v) is 11.3. The molecule has 2 aliphatic carbocycles. The van der Waals surface area contributed by atoms with E-state index in [1.807, 2.05) is 36.9 Å². The smallest absolute Gasteiger partial charge is 0.326 e. The van der Waals surface area contributed by atoms with E-state index in [4.69, 9.17) is 10.5 Å². The van der Waals surface area contributed by atoms with Crippen LogP contribution in [0.4, 0.5) is 0 Å². The molecule has 4 aliphatic rings. The van der Waals surface area contributed by atoms with Crippen molar-refractivity contribution in [3.05, 3.63) is 82.4 Å². The highest BCUT2D eigenvalue weighted by Crippen LogP contribution is 2.66. The van der Waals surface area contributed by atoms with Gasteiger partial charge in [-0.05, 0) is 66.0 Å². The van der Waals surface area contributed by atoms with Crippen molar-refractivity contribution in [2.24, 2.45) is 5.73 Å². The van der Waals surface area contributed by atoms with Gasteiger partial charge in [0.25, 0.3) is 0 Å². The Labute approximate surface area is 224 Å². The molecular formula is C32H36N2O4. The van der Waals surface area contributed by atoms with Gasteiger partial charge in [-0.15, -0.1) is 0 Å². The summed E-state index contributed by atoms with van der Waals surface area (Å²) in [5, 5.41) is 21.1. The number of phenols is 1. The maximum absolute atomic E-state index is 12.2. The average Bonchev–Trinajstić information content (AvgIpc) is 3.41. The number of rotatable bonds is 5. The zero-order chi connectivity index (χ0) is 26.9. The first-order chi connectivity index (χ1) is 18.3. The van der Waals surface area contributed by atoms with E-state index < -0.39 is 17.0 Å². The molecule has 198 valence electrons. The van der Waals surface area contributed by atoms with E-state index in [-0.39, 0.29) is 11.2 Å². The molecule has 4 unspecified atom stereocenters. The van der Waals surface area contributed by atoms with Crippen molar-refractivity contribution in [3.8, 4) is 22.6 Å². The molecule has 2 bridgehead atoms. The van der Waals surface area contributed by atoms with Gasteiger partial charge < -0.3 is 20.7 Å². The molecule has 2 heterocycles. The van der Waals surface area contributed by atoms with Crippen molar-refractivity contribution in [2.45, 2.75) is 76.1 Å². The van der Waals surface area contributed by atoms with Crippen molar-refractivity contribution >= 4 is 5.97 Å². The van der Waals surface area contributed by atoms with Gasteiger partial charge in [-0.25, -0.2) is 0 Å². The normalized spacial score (nSPS) is 29.4. The maximum Gasteiger partial charge on any atom is 0.326 e. The lowest BCUT2D eigenvalue weighted by atomic mass is 9.67. The number of phenolic OH excluding ortho intramolecular Hbond substituents is 1. The van der Waals surface area contributed by atoms with E-state index in [2.05, 4.69) is 37.3 Å². The Morgan fingerprint density at radius 3 is 2.58 bits per heavy atom. The van der Waals surface area contributed by atoms with Gasteiger partial charge in [-0.3, -0.25) is 9.69 Å². The molecule has 4 atom stereocenters. The predicted molar refractivity (Wildman–Crippen MR) is 147 cm³/mol. The van der Waals surface area contributed by atoms with Crippen molar-refractivity contribution in [1.82, 2.24) is 4.90 Å². The highest BCUT2D eigenvalue weighted by Gasteiger charge is 2.79. The lowest BCUT2D eigenvalue weighted by Gasteiger charge is -2.51. The molecule has 38 heavy (non-hydrogen) atoms. The van der Waals surface area contributed by atoms with E-state index in [1.165, 1.54) is 22.3 Å². The van der Waals surface area contributed by atoms with Crippen LogP contribution < -0.4 is 10.5 Å². The fraction of sp³-hybridized carbons (Fsp3) is 0.406. The Balaban J connectivity index is 0.00000129. The van der Waals surface area contributed by atoms with Crippen molar-refractivity contribution in [1.29, 1.82) is 0 Å². The molecular weight excluding hydrogens is 476 g/mol. The minimum absolute atomic E-state index is 0.195. The number of ether oxygens (including phenoxy) is 1. The highest BCUT2D eigenvalue weighted by atomic mass is 16.5. The van der Waals surface area contributed by atoms with Gasteiger partial charge in [0.15, 0.2) is 0 Å². The molecule has 2 aliphatic heterocycles. The summed E-state index contributed by atoms with van der Waals surface area (Å²) in [5.41, 5.74) is 12.6. The van der Waals surface area contributed by atoms with E-state index >= 15 is 0 Å². The molecule has 7 rings (SSSR count). The first-order valence-corrected chi connectivity index (χ1v) is 13.7. The summed E-state index contributed by atoms with van der Waals surface area (Å²) in [4.78, 5) is 14.3. The molecule has 2 fully saturated rings. The second-order valence-electron chi connectivity index (χ2n) is 11.3. The number of aliphatic carboxylic acids is 1. The van der Waals surface area contributed by atoms with Crippen molar-refractivity contribution in [2.75, 3.05) is 6.54 Å². The quantitative estimate of drug-likeness (QED) is 0.429. The lowest BCUT2D eigenvalue weighted by molar-refractivity contribution is -0.149. The van der Waals surface area contributed by atoms with Crippen LogP contribution in [0.1, 0.15) is 60.9 Å². The van der Waals surface area contributed by atoms with Crippen LogP contribution >= 0.6 is 0 Å². The number of carbonyl (C=O) groups is 1. The first kappa shape index (κ1) is 25.0. The SMILES string of the molecule is CC.Cc1c(COc2cc(O)c3c4c2CCC42CN(C3)C3(C(=O)O)CC3(N)C2)cccc1-c1ccccc1. The van der Waals surface area contributed by atoms with Gasteiger partial charge >= 0.3 is 5.97 Å². The third kappa shape index (κ3) is 3.29. The molecule has 1 spiro atoms. The number of benzene rings is 3. The Kier molecular flexibility index (Phi) is 5.64. The molecule has 3 aromatic carbocycles. The topological polar surface area (TPSA) is 96.0 Å². The minimum atomic E-state index is -0.998. The summed E-state index contributed by atoms with van der Waals surface area (Å²) in [6, 6.07) is 18.4. The third-order valence-corrected chi connectivity index (χ3v) is 9.44. The number of carboxylic acids is 1. The summed E-state index contributed by atoms with van der Waals surface area (Å²) in [5.74, 6) is 0.0901. The van der Waals surface area contributed by atoms with Gasteiger partial charge in [0.2, 0.25) is 0 Å². The van der Waals surface area contributed by atoms with Gasteiger partial charge in [0.1, 0.15) is 23.6 Å². The number of piperidine rings is 1. The van der Waals surface area contributed by atoms with Crippen molar-refractivity contribution < 1.29 is 19.7 Å². The van der Waals surface area contributed by atoms with Gasteiger partial charge in [0, 0.05) is 35.7 Å². The van der Waals surface area contributed by atoms with Crippen LogP contribution in [0, 0.1) is 6.92 Å². The summed E-state index contributed by atoms with van der Waals surface area (Å²) in [6.07, 6.45) is 2.87.